The van der Waals surface area contributed by atoms with Gasteiger partial charge in [-0.25, -0.2) is 4.39 Å². The van der Waals surface area contributed by atoms with Crippen molar-refractivity contribution in [2.45, 2.75) is 19.3 Å². The first kappa shape index (κ1) is 19.3. The van der Waals surface area contributed by atoms with Crippen LogP contribution in [0.25, 0.3) is 0 Å². The lowest BCUT2D eigenvalue weighted by Crippen LogP contribution is -2.39. The van der Waals surface area contributed by atoms with Crippen molar-refractivity contribution < 1.29 is 14.1 Å². The Bertz CT molecular complexity index is 563. The zero-order valence-corrected chi connectivity index (χ0v) is 13.8. The molecule has 8 heteroatoms. The maximum atomic E-state index is 13.3. The van der Waals surface area contributed by atoms with Crippen molar-refractivity contribution in [3.8, 4) is 0 Å². The Balaban J connectivity index is 0.00000264. The minimum atomic E-state index is -0.646. The fourth-order valence-corrected chi connectivity index (χ4v) is 2.78. The first-order valence-corrected chi connectivity index (χ1v) is 7.40. The first-order valence-electron chi connectivity index (χ1n) is 7.40. The number of hydrogen-bond acceptors (Lipinski definition) is 4. The summed E-state index contributed by atoms with van der Waals surface area (Å²) in [6.07, 6.45) is 2.80. The second kappa shape index (κ2) is 8.79. The summed E-state index contributed by atoms with van der Waals surface area (Å²) in [5, 5.41) is 14.1. The number of hydrogen-bond donors (Lipinski definition) is 1. The van der Waals surface area contributed by atoms with Crippen molar-refractivity contribution >= 4 is 24.0 Å². The highest BCUT2D eigenvalue weighted by molar-refractivity contribution is 5.98. The van der Waals surface area contributed by atoms with E-state index in [1.807, 2.05) is 7.05 Å². The Morgan fingerprint density at radius 2 is 2.09 bits per heavy atom. The second-order valence-electron chi connectivity index (χ2n) is 5.55. The molecule has 0 atom stereocenters. The SMILES string of the molecule is CNCCC1CCN(C(=O)c2cc(F)ccc2[N+](=O)[O-])CC1.Cl. The van der Waals surface area contributed by atoms with Gasteiger partial charge in [0.1, 0.15) is 11.4 Å². The van der Waals surface area contributed by atoms with Crippen molar-refractivity contribution in [3.05, 3.63) is 39.7 Å². The number of carbonyl (C=O) groups is 1. The molecule has 0 aromatic heterocycles. The Hall–Kier alpha value is -1.73. The maximum absolute atomic E-state index is 13.3. The lowest BCUT2D eigenvalue weighted by atomic mass is 9.93. The zero-order valence-electron chi connectivity index (χ0n) is 13.0. The molecule has 0 bridgehead atoms. The van der Waals surface area contributed by atoms with Gasteiger partial charge >= 0.3 is 0 Å². The highest BCUT2D eigenvalue weighted by Crippen LogP contribution is 2.25. The van der Waals surface area contributed by atoms with Gasteiger partial charge in [-0.2, -0.15) is 0 Å². The minimum absolute atomic E-state index is 0. The van der Waals surface area contributed by atoms with Gasteiger partial charge in [0.2, 0.25) is 0 Å². The average Bonchev–Trinajstić information content (AvgIpc) is 2.52. The van der Waals surface area contributed by atoms with E-state index in [1.54, 1.807) is 4.90 Å². The lowest BCUT2D eigenvalue weighted by Gasteiger charge is -2.32. The van der Waals surface area contributed by atoms with E-state index in [9.17, 15) is 19.3 Å². The van der Waals surface area contributed by atoms with E-state index in [0.29, 0.717) is 19.0 Å². The number of nitrogens with one attached hydrogen (secondary N) is 1. The van der Waals surface area contributed by atoms with E-state index in [0.717, 1.165) is 44.0 Å². The van der Waals surface area contributed by atoms with Crippen LogP contribution in [0.4, 0.5) is 10.1 Å². The molecule has 1 aliphatic heterocycles. The first-order chi connectivity index (χ1) is 10.5. The van der Waals surface area contributed by atoms with Crippen molar-refractivity contribution in [3.63, 3.8) is 0 Å². The van der Waals surface area contributed by atoms with Crippen molar-refractivity contribution in [1.82, 2.24) is 10.2 Å². The number of carbonyl (C=O) groups excluding carboxylic acids is 1. The van der Waals surface area contributed by atoms with Crippen LogP contribution in [0.3, 0.4) is 0 Å². The van der Waals surface area contributed by atoms with Gasteiger partial charge < -0.3 is 10.2 Å². The van der Waals surface area contributed by atoms with Crippen LogP contribution in [0.1, 0.15) is 29.6 Å². The molecule has 0 unspecified atom stereocenters. The summed E-state index contributed by atoms with van der Waals surface area (Å²) in [6.45, 7) is 2.05. The summed E-state index contributed by atoms with van der Waals surface area (Å²) in [5.41, 5.74) is -0.512. The summed E-state index contributed by atoms with van der Waals surface area (Å²) in [7, 11) is 1.90. The van der Waals surface area contributed by atoms with Gasteiger partial charge in [-0.05, 0) is 50.9 Å². The molecule has 1 saturated heterocycles. The van der Waals surface area contributed by atoms with E-state index >= 15 is 0 Å². The van der Waals surface area contributed by atoms with Crippen LogP contribution < -0.4 is 5.32 Å². The maximum Gasteiger partial charge on any atom is 0.282 e. The van der Waals surface area contributed by atoms with E-state index < -0.39 is 16.6 Å². The molecule has 0 spiro atoms. The number of nitrogens with zero attached hydrogens (tertiary/aromatic N) is 2. The zero-order chi connectivity index (χ0) is 16.1. The molecule has 1 fully saturated rings. The molecule has 23 heavy (non-hydrogen) atoms. The van der Waals surface area contributed by atoms with E-state index in [2.05, 4.69) is 5.32 Å². The monoisotopic (exact) mass is 345 g/mol. The molecule has 0 radical (unpaired) electrons. The normalized spacial score (nSPS) is 15.1. The van der Waals surface area contributed by atoms with E-state index in [1.165, 1.54) is 0 Å². The molecule has 6 nitrogen and oxygen atoms in total. The van der Waals surface area contributed by atoms with Crippen LogP contribution in [0, 0.1) is 21.8 Å². The number of nitro benzene ring substituents is 1. The van der Waals surface area contributed by atoms with Gasteiger partial charge in [-0.3, -0.25) is 14.9 Å². The molecular weight excluding hydrogens is 325 g/mol. The smallest absolute Gasteiger partial charge is 0.282 e. The number of benzene rings is 1. The molecule has 128 valence electrons. The summed E-state index contributed by atoms with van der Waals surface area (Å²) in [6, 6.07) is 2.99. The molecule has 1 amide bonds. The van der Waals surface area contributed by atoms with Crippen LogP contribution in [-0.2, 0) is 0 Å². The Kier molecular flexibility index (Phi) is 7.38. The number of rotatable bonds is 5. The molecule has 1 N–H and O–H groups in total. The van der Waals surface area contributed by atoms with Crippen LogP contribution in [0.15, 0.2) is 18.2 Å². The fourth-order valence-electron chi connectivity index (χ4n) is 2.78. The second-order valence-corrected chi connectivity index (χ2v) is 5.55. The molecule has 0 aliphatic carbocycles. The van der Waals surface area contributed by atoms with Crippen LogP contribution >= 0.6 is 12.4 Å². The van der Waals surface area contributed by atoms with Crippen molar-refractivity contribution in [2.24, 2.45) is 5.92 Å². The predicted octanol–water partition coefficient (Wildman–Crippen LogP) is 2.62. The van der Waals surface area contributed by atoms with Crippen LogP contribution in [0.5, 0.6) is 0 Å². The van der Waals surface area contributed by atoms with Gasteiger partial charge in [0.25, 0.3) is 11.6 Å². The number of nitro groups is 1. The van der Waals surface area contributed by atoms with Crippen LogP contribution in [-0.4, -0.2) is 42.4 Å². The van der Waals surface area contributed by atoms with Gasteiger partial charge in [0, 0.05) is 19.2 Å². The number of likely N-dealkylation sites (tertiary alicyclic amines) is 1. The third-order valence-corrected chi connectivity index (χ3v) is 4.09. The van der Waals surface area contributed by atoms with Gasteiger partial charge in [0.05, 0.1) is 4.92 Å². The number of piperidine rings is 1. The fraction of sp³-hybridized carbons (Fsp3) is 0.533. The highest BCUT2D eigenvalue weighted by atomic mass is 35.5. The molecule has 1 heterocycles. The molecule has 1 aliphatic rings. The Morgan fingerprint density at radius 3 is 2.65 bits per heavy atom. The Labute approximate surface area is 140 Å². The molecule has 2 rings (SSSR count). The van der Waals surface area contributed by atoms with E-state index in [-0.39, 0.29) is 23.7 Å². The largest absolute Gasteiger partial charge is 0.338 e. The minimum Gasteiger partial charge on any atom is -0.338 e. The third-order valence-electron chi connectivity index (χ3n) is 4.09. The quantitative estimate of drug-likeness (QED) is 0.657. The van der Waals surface area contributed by atoms with E-state index in [4.69, 9.17) is 0 Å². The summed E-state index contributed by atoms with van der Waals surface area (Å²) < 4.78 is 13.3. The molecule has 1 aromatic rings. The van der Waals surface area contributed by atoms with Gasteiger partial charge in [0.15, 0.2) is 0 Å². The van der Waals surface area contributed by atoms with Crippen LogP contribution in [0.2, 0.25) is 0 Å². The van der Waals surface area contributed by atoms with Gasteiger partial charge in [-0.1, -0.05) is 0 Å². The standard InChI is InChI=1S/C15H20FN3O3.ClH/c1-17-7-4-11-5-8-18(9-6-11)15(20)13-10-12(16)2-3-14(13)19(21)22;/h2-3,10-11,17H,4-9H2,1H3;1H. The molecule has 1 aromatic carbocycles. The number of halogens is 2. The Morgan fingerprint density at radius 1 is 1.43 bits per heavy atom. The topological polar surface area (TPSA) is 75.5 Å². The predicted molar refractivity (Wildman–Crippen MR) is 87.5 cm³/mol. The lowest BCUT2D eigenvalue weighted by molar-refractivity contribution is -0.385. The van der Waals surface area contributed by atoms with Crippen molar-refractivity contribution in [2.75, 3.05) is 26.7 Å². The van der Waals surface area contributed by atoms with Gasteiger partial charge in [-0.15, -0.1) is 12.4 Å². The summed E-state index contributed by atoms with van der Waals surface area (Å²) in [4.78, 5) is 24.4. The average molecular weight is 346 g/mol. The highest BCUT2D eigenvalue weighted by Gasteiger charge is 2.28. The molecule has 0 saturated carbocycles. The third kappa shape index (κ3) is 4.87. The van der Waals surface area contributed by atoms with Crippen molar-refractivity contribution in [1.29, 1.82) is 0 Å². The summed E-state index contributed by atoms with van der Waals surface area (Å²) in [5.74, 6) is -0.546. The molecular formula is C15H21ClFN3O3. The number of amides is 1. The summed E-state index contributed by atoms with van der Waals surface area (Å²) >= 11 is 0.